The van der Waals surface area contributed by atoms with E-state index in [9.17, 15) is 14.4 Å². The van der Waals surface area contributed by atoms with Gasteiger partial charge in [-0.3, -0.25) is 14.4 Å². The summed E-state index contributed by atoms with van der Waals surface area (Å²) in [6.45, 7) is 4.32. The second-order valence-corrected chi connectivity index (χ2v) is 8.34. The van der Waals surface area contributed by atoms with Gasteiger partial charge in [0.25, 0.3) is 0 Å². The average molecular weight is 413 g/mol. The number of nitrogens with one attached hydrogen (secondary N) is 4. The van der Waals surface area contributed by atoms with Gasteiger partial charge >= 0.3 is 0 Å². The molecule has 7 nitrogen and oxygen atoms in total. The number of para-hydroxylation sites is 1. The molecular weight excluding hydrogens is 380 g/mol. The number of hydrogen-bond acceptors (Lipinski definition) is 3. The Morgan fingerprint density at radius 2 is 1.73 bits per heavy atom. The van der Waals surface area contributed by atoms with Crippen molar-refractivity contribution in [2.75, 3.05) is 13.1 Å². The van der Waals surface area contributed by atoms with E-state index in [1.165, 1.54) is 0 Å². The number of H-pyrrole nitrogens is 1. The summed E-state index contributed by atoms with van der Waals surface area (Å²) in [7, 11) is 0. The zero-order valence-electron chi connectivity index (χ0n) is 17.8. The minimum Gasteiger partial charge on any atom is -0.361 e. The van der Waals surface area contributed by atoms with Crippen LogP contribution in [-0.4, -0.2) is 41.8 Å². The fraction of sp³-hybridized carbons (Fsp3) is 0.522. The first-order valence-corrected chi connectivity index (χ1v) is 10.9. The smallest absolute Gasteiger partial charge is 0.242 e. The van der Waals surface area contributed by atoms with E-state index in [-0.39, 0.29) is 29.6 Å². The summed E-state index contributed by atoms with van der Waals surface area (Å²) in [5, 5.41) is 9.66. The quantitative estimate of drug-likeness (QED) is 0.475. The van der Waals surface area contributed by atoms with Crippen molar-refractivity contribution in [3.05, 3.63) is 36.0 Å². The Labute approximate surface area is 177 Å². The van der Waals surface area contributed by atoms with Crippen LogP contribution in [0, 0.1) is 11.8 Å². The van der Waals surface area contributed by atoms with Crippen molar-refractivity contribution in [1.29, 1.82) is 0 Å². The molecule has 1 saturated carbocycles. The van der Waals surface area contributed by atoms with Crippen molar-refractivity contribution in [2.24, 2.45) is 11.8 Å². The Morgan fingerprint density at radius 3 is 2.47 bits per heavy atom. The minimum absolute atomic E-state index is 0.0743. The Bertz CT molecular complexity index is 883. The lowest BCUT2D eigenvalue weighted by Gasteiger charge is -2.20. The standard InChI is InChI=1S/C23H32N4O3/c1-15(2)21(28)27-20(13-17-14-26-19-10-6-5-9-18(17)19)23(30)25-12-11-24-22(29)16-7-3-4-8-16/h5-6,9-10,14-16,20,26H,3-4,7-8,11-13H2,1-2H3,(H,24,29)(H,25,30)(H,27,28). The summed E-state index contributed by atoms with van der Waals surface area (Å²) in [6, 6.07) is 7.21. The molecule has 162 valence electrons. The summed E-state index contributed by atoms with van der Waals surface area (Å²) in [4.78, 5) is 40.4. The normalized spacial score (nSPS) is 15.3. The van der Waals surface area contributed by atoms with Gasteiger partial charge in [-0.25, -0.2) is 0 Å². The summed E-state index contributed by atoms with van der Waals surface area (Å²) >= 11 is 0. The van der Waals surface area contributed by atoms with Crippen molar-refractivity contribution in [3.63, 3.8) is 0 Å². The number of amides is 3. The molecule has 0 bridgehead atoms. The van der Waals surface area contributed by atoms with E-state index >= 15 is 0 Å². The molecule has 4 N–H and O–H groups in total. The van der Waals surface area contributed by atoms with Crippen LogP contribution in [0.3, 0.4) is 0 Å². The number of carbonyl (C=O) groups is 3. The first kappa shape index (κ1) is 21.9. The number of aromatic amines is 1. The maximum Gasteiger partial charge on any atom is 0.242 e. The van der Waals surface area contributed by atoms with Gasteiger partial charge in [0, 0.05) is 48.4 Å². The van der Waals surface area contributed by atoms with E-state index in [0.717, 1.165) is 42.1 Å². The van der Waals surface area contributed by atoms with Crippen LogP contribution in [0.25, 0.3) is 10.9 Å². The van der Waals surface area contributed by atoms with Crippen molar-refractivity contribution in [3.8, 4) is 0 Å². The van der Waals surface area contributed by atoms with Crippen molar-refractivity contribution in [1.82, 2.24) is 20.9 Å². The molecule has 30 heavy (non-hydrogen) atoms. The number of carbonyl (C=O) groups excluding carboxylic acids is 3. The van der Waals surface area contributed by atoms with Crippen LogP contribution in [0.4, 0.5) is 0 Å². The number of aromatic nitrogens is 1. The molecule has 3 amide bonds. The fourth-order valence-electron chi connectivity index (χ4n) is 3.90. The molecule has 1 fully saturated rings. The first-order valence-electron chi connectivity index (χ1n) is 10.9. The molecule has 1 unspecified atom stereocenters. The van der Waals surface area contributed by atoms with Gasteiger partial charge in [-0.2, -0.15) is 0 Å². The highest BCUT2D eigenvalue weighted by Crippen LogP contribution is 2.24. The molecule has 3 rings (SSSR count). The van der Waals surface area contributed by atoms with Gasteiger partial charge in [-0.1, -0.05) is 44.9 Å². The van der Waals surface area contributed by atoms with Crippen LogP contribution in [-0.2, 0) is 20.8 Å². The van der Waals surface area contributed by atoms with E-state index < -0.39 is 6.04 Å². The molecule has 1 atom stereocenters. The van der Waals surface area contributed by atoms with Gasteiger partial charge in [-0.05, 0) is 24.5 Å². The third kappa shape index (κ3) is 5.62. The van der Waals surface area contributed by atoms with Crippen molar-refractivity contribution in [2.45, 2.75) is 52.0 Å². The lowest BCUT2D eigenvalue weighted by atomic mass is 10.0. The molecule has 1 heterocycles. The Morgan fingerprint density at radius 1 is 1.03 bits per heavy atom. The topological polar surface area (TPSA) is 103 Å². The van der Waals surface area contributed by atoms with Gasteiger partial charge in [0.05, 0.1) is 0 Å². The van der Waals surface area contributed by atoms with Gasteiger partial charge in [0.1, 0.15) is 6.04 Å². The minimum atomic E-state index is -0.676. The number of benzene rings is 1. The van der Waals surface area contributed by atoms with Crippen LogP contribution in [0.5, 0.6) is 0 Å². The second kappa shape index (κ2) is 10.3. The molecule has 1 aliphatic carbocycles. The van der Waals surface area contributed by atoms with Crippen LogP contribution >= 0.6 is 0 Å². The summed E-state index contributed by atoms with van der Waals surface area (Å²) in [5.41, 5.74) is 1.97. The van der Waals surface area contributed by atoms with Crippen LogP contribution in [0.1, 0.15) is 45.1 Å². The maximum atomic E-state index is 12.8. The molecule has 0 spiro atoms. The van der Waals surface area contributed by atoms with E-state index in [2.05, 4.69) is 20.9 Å². The molecule has 1 aromatic carbocycles. The van der Waals surface area contributed by atoms with E-state index in [4.69, 9.17) is 0 Å². The third-order valence-corrected chi connectivity index (χ3v) is 5.71. The lowest BCUT2D eigenvalue weighted by Crippen LogP contribution is -2.50. The van der Waals surface area contributed by atoms with Gasteiger partial charge in [0.15, 0.2) is 0 Å². The molecule has 0 aliphatic heterocycles. The van der Waals surface area contributed by atoms with Gasteiger partial charge in [0.2, 0.25) is 17.7 Å². The summed E-state index contributed by atoms with van der Waals surface area (Å²) in [6.07, 6.45) is 6.40. The number of hydrogen-bond donors (Lipinski definition) is 4. The van der Waals surface area contributed by atoms with Crippen molar-refractivity contribution < 1.29 is 14.4 Å². The zero-order valence-corrected chi connectivity index (χ0v) is 17.8. The molecule has 1 aliphatic rings. The number of fused-ring (bicyclic) bond motifs is 1. The molecule has 2 aromatic rings. The van der Waals surface area contributed by atoms with Gasteiger partial charge in [-0.15, -0.1) is 0 Å². The Kier molecular flexibility index (Phi) is 7.49. The largest absolute Gasteiger partial charge is 0.361 e. The molecular formula is C23H32N4O3. The fourth-order valence-corrected chi connectivity index (χ4v) is 3.90. The third-order valence-electron chi connectivity index (χ3n) is 5.71. The average Bonchev–Trinajstić information content (AvgIpc) is 3.41. The monoisotopic (exact) mass is 412 g/mol. The number of rotatable bonds is 9. The highest BCUT2D eigenvalue weighted by Gasteiger charge is 2.24. The first-order chi connectivity index (χ1) is 14.5. The highest BCUT2D eigenvalue weighted by molar-refractivity contribution is 5.90. The Balaban J connectivity index is 1.57. The zero-order chi connectivity index (χ0) is 21.5. The highest BCUT2D eigenvalue weighted by atomic mass is 16.2. The van der Waals surface area contributed by atoms with E-state index in [1.54, 1.807) is 13.8 Å². The maximum absolute atomic E-state index is 12.8. The van der Waals surface area contributed by atoms with E-state index in [1.807, 2.05) is 30.5 Å². The summed E-state index contributed by atoms with van der Waals surface area (Å²) in [5.74, 6) is -0.436. The van der Waals surface area contributed by atoms with Gasteiger partial charge < -0.3 is 20.9 Å². The van der Waals surface area contributed by atoms with Crippen molar-refractivity contribution >= 4 is 28.6 Å². The molecule has 7 heteroatoms. The predicted octanol–water partition coefficient (Wildman–Crippen LogP) is 2.27. The van der Waals surface area contributed by atoms with Crippen LogP contribution in [0.15, 0.2) is 30.5 Å². The molecule has 0 radical (unpaired) electrons. The molecule has 0 saturated heterocycles. The van der Waals surface area contributed by atoms with Crippen LogP contribution < -0.4 is 16.0 Å². The Hall–Kier alpha value is -2.83. The predicted molar refractivity (Wildman–Crippen MR) is 117 cm³/mol. The summed E-state index contributed by atoms with van der Waals surface area (Å²) < 4.78 is 0. The molecule has 1 aromatic heterocycles. The SMILES string of the molecule is CC(C)C(=O)NC(Cc1c[nH]c2ccccc12)C(=O)NCCNC(=O)C1CCCC1. The van der Waals surface area contributed by atoms with Crippen LogP contribution in [0.2, 0.25) is 0 Å². The van der Waals surface area contributed by atoms with E-state index in [0.29, 0.717) is 19.5 Å². The second-order valence-electron chi connectivity index (χ2n) is 8.34. The lowest BCUT2D eigenvalue weighted by molar-refractivity contribution is -0.130.